The fourth-order valence-corrected chi connectivity index (χ4v) is 2.17. The number of aromatic nitrogens is 1. The Bertz CT molecular complexity index is 608. The number of methoxy groups -OCH3 is 1. The minimum Gasteiger partial charge on any atom is -0.494 e. The highest BCUT2D eigenvalue weighted by Gasteiger charge is 2.13. The first kappa shape index (κ1) is 11.9. The zero-order valence-electron chi connectivity index (χ0n) is 9.87. The van der Waals surface area contributed by atoms with E-state index in [0.717, 1.165) is 22.8 Å². The van der Waals surface area contributed by atoms with Gasteiger partial charge >= 0.3 is 0 Å². The lowest BCUT2D eigenvalue weighted by Gasteiger charge is -2.11. The van der Waals surface area contributed by atoms with Crippen molar-refractivity contribution >= 4 is 28.8 Å². The summed E-state index contributed by atoms with van der Waals surface area (Å²) >= 11 is 5.98. The van der Waals surface area contributed by atoms with Gasteiger partial charge in [0.05, 0.1) is 12.7 Å². The van der Waals surface area contributed by atoms with E-state index in [-0.39, 0.29) is 5.15 Å². The Morgan fingerprint density at radius 1 is 1.35 bits per heavy atom. The van der Waals surface area contributed by atoms with E-state index >= 15 is 0 Å². The summed E-state index contributed by atoms with van der Waals surface area (Å²) in [4.78, 5) is 15.2. The molecule has 1 heterocycles. The molecule has 0 N–H and O–H groups in total. The van der Waals surface area contributed by atoms with E-state index in [9.17, 15) is 4.79 Å². The minimum absolute atomic E-state index is 0.215. The van der Waals surface area contributed by atoms with Gasteiger partial charge in [-0.3, -0.25) is 4.79 Å². The molecular formula is C13H12ClNO2. The average Bonchev–Trinajstić information content (AvgIpc) is 2.30. The molecule has 3 nitrogen and oxygen atoms in total. The first-order valence-corrected chi connectivity index (χ1v) is 5.56. The second kappa shape index (κ2) is 4.34. The van der Waals surface area contributed by atoms with Crippen LogP contribution in [0.5, 0.6) is 5.75 Å². The van der Waals surface area contributed by atoms with E-state index in [1.54, 1.807) is 7.11 Å². The molecule has 4 heteroatoms. The van der Waals surface area contributed by atoms with Crippen molar-refractivity contribution in [2.45, 2.75) is 13.8 Å². The van der Waals surface area contributed by atoms with E-state index in [1.165, 1.54) is 0 Å². The second-order valence-corrected chi connectivity index (χ2v) is 4.28. The Balaban J connectivity index is 2.95. The van der Waals surface area contributed by atoms with Gasteiger partial charge in [-0.2, -0.15) is 0 Å². The number of rotatable bonds is 2. The van der Waals surface area contributed by atoms with Crippen LogP contribution in [0.25, 0.3) is 10.9 Å². The van der Waals surface area contributed by atoms with Crippen LogP contribution in [-0.4, -0.2) is 18.4 Å². The lowest BCUT2D eigenvalue weighted by atomic mass is 10.0. The van der Waals surface area contributed by atoms with E-state index < -0.39 is 0 Å². The molecule has 0 aliphatic carbocycles. The molecule has 0 aliphatic rings. The highest BCUT2D eigenvalue weighted by molar-refractivity contribution is 6.32. The molecule has 0 atom stereocenters. The molecule has 1 aromatic heterocycles. The van der Waals surface area contributed by atoms with Crippen LogP contribution >= 0.6 is 11.6 Å². The Morgan fingerprint density at radius 2 is 2.06 bits per heavy atom. The molecule has 0 radical (unpaired) electrons. The summed E-state index contributed by atoms with van der Waals surface area (Å²) in [7, 11) is 1.59. The number of hydrogen-bond donors (Lipinski definition) is 0. The number of aldehydes is 1. The lowest BCUT2D eigenvalue weighted by molar-refractivity contribution is 0.112. The summed E-state index contributed by atoms with van der Waals surface area (Å²) in [5.74, 6) is 0.669. The highest BCUT2D eigenvalue weighted by Crippen LogP contribution is 2.31. The normalized spacial score (nSPS) is 10.6. The van der Waals surface area contributed by atoms with Crippen LogP contribution in [-0.2, 0) is 0 Å². The van der Waals surface area contributed by atoms with Gasteiger partial charge in [0.1, 0.15) is 16.4 Å². The van der Waals surface area contributed by atoms with Crippen molar-refractivity contribution in [2.75, 3.05) is 7.11 Å². The van der Waals surface area contributed by atoms with Gasteiger partial charge in [0.25, 0.3) is 0 Å². The van der Waals surface area contributed by atoms with Gasteiger partial charge in [-0.15, -0.1) is 0 Å². The molecule has 2 aromatic rings. The van der Waals surface area contributed by atoms with Crippen LogP contribution in [0.1, 0.15) is 21.5 Å². The van der Waals surface area contributed by atoms with Gasteiger partial charge in [-0.1, -0.05) is 11.6 Å². The number of hydrogen-bond acceptors (Lipinski definition) is 3. The molecule has 17 heavy (non-hydrogen) atoms. The molecule has 0 amide bonds. The van der Waals surface area contributed by atoms with Gasteiger partial charge in [0.2, 0.25) is 0 Å². The van der Waals surface area contributed by atoms with E-state index in [2.05, 4.69) is 4.98 Å². The molecule has 2 rings (SSSR count). The summed E-state index contributed by atoms with van der Waals surface area (Å²) in [5, 5.41) is 1.11. The van der Waals surface area contributed by atoms with Crippen molar-refractivity contribution in [1.82, 2.24) is 4.98 Å². The van der Waals surface area contributed by atoms with Gasteiger partial charge < -0.3 is 4.74 Å². The molecule has 0 spiro atoms. The smallest absolute Gasteiger partial charge is 0.153 e. The van der Waals surface area contributed by atoms with Crippen molar-refractivity contribution in [1.29, 1.82) is 0 Å². The predicted molar refractivity (Wildman–Crippen MR) is 68.2 cm³/mol. The minimum atomic E-state index is 0.215. The quantitative estimate of drug-likeness (QED) is 0.605. The average molecular weight is 250 g/mol. The standard InChI is InChI=1S/C13H12ClNO2/c1-7-4-9-8(2)10(6-16)13(14)15-12(9)11(5-7)17-3/h4-6H,1-3H3. The molecule has 0 saturated heterocycles. The first-order valence-electron chi connectivity index (χ1n) is 5.18. The Labute approximate surface area is 104 Å². The zero-order chi connectivity index (χ0) is 12.6. The number of nitrogens with zero attached hydrogens (tertiary/aromatic N) is 1. The molecule has 0 aliphatic heterocycles. The number of carbonyl (C=O) groups is 1. The molecular weight excluding hydrogens is 238 g/mol. The van der Waals surface area contributed by atoms with E-state index in [0.29, 0.717) is 16.8 Å². The molecule has 88 valence electrons. The molecule has 0 saturated carbocycles. The van der Waals surface area contributed by atoms with Gasteiger partial charge in [0.15, 0.2) is 6.29 Å². The number of carbonyl (C=O) groups excluding carboxylic acids is 1. The Morgan fingerprint density at radius 3 is 2.65 bits per heavy atom. The van der Waals surface area contributed by atoms with Crippen molar-refractivity contribution < 1.29 is 9.53 Å². The van der Waals surface area contributed by atoms with Crippen LogP contribution in [0.2, 0.25) is 5.15 Å². The maximum absolute atomic E-state index is 11.0. The largest absolute Gasteiger partial charge is 0.494 e. The number of halogens is 1. The fraction of sp³-hybridized carbons (Fsp3) is 0.231. The van der Waals surface area contributed by atoms with Gasteiger partial charge in [-0.05, 0) is 37.1 Å². The SMILES string of the molecule is COc1cc(C)cc2c(C)c(C=O)c(Cl)nc12. The fourth-order valence-electron chi connectivity index (χ4n) is 1.90. The number of aryl methyl sites for hydroxylation is 2. The van der Waals surface area contributed by atoms with Crippen LogP contribution in [0.15, 0.2) is 12.1 Å². The van der Waals surface area contributed by atoms with E-state index in [4.69, 9.17) is 16.3 Å². The van der Waals surface area contributed by atoms with E-state index in [1.807, 2.05) is 26.0 Å². The second-order valence-electron chi connectivity index (χ2n) is 3.92. The molecule has 0 unspecified atom stereocenters. The van der Waals surface area contributed by atoms with Crippen LogP contribution in [0, 0.1) is 13.8 Å². The molecule has 1 aromatic carbocycles. The van der Waals surface area contributed by atoms with Crippen LogP contribution in [0.3, 0.4) is 0 Å². The summed E-state index contributed by atoms with van der Waals surface area (Å²) in [5.41, 5.74) is 3.01. The highest BCUT2D eigenvalue weighted by atomic mass is 35.5. The number of fused-ring (bicyclic) bond motifs is 1. The third kappa shape index (κ3) is 1.87. The maximum atomic E-state index is 11.0. The number of ether oxygens (including phenoxy) is 1. The maximum Gasteiger partial charge on any atom is 0.153 e. The third-order valence-electron chi connectivity index (χ3n) is 2.80. The first-order chi connectivity index (χ1) is 8.08. The number of benzene rings is 1. The summed E-state index contributed by atoms with van der Waals surface area (Å²) < 4.78 is 5.28. The van der Waals surface area contributed by atoms with Crippen molar-refractivity contribution in [3.63, 3.8) is 0 Å². The van der Waals surface area contributed by atoms with Crippen molar-refractivity contribution in [2.24, 2.45) is 0 Å². The van der Waals surface area contributed by atoms with Gasteiger partial charge in [0, 0.05) is 5.39 Å². The van der Waals surface area contributed by atoms with Crippen molar-refractivity contribution in [3.05, 3.63) is 34.0 Å². The third-order valence-corrected chi connectivity index (χ3v) is 3.09. The molecule has 0 bridgehead atoms. The number of pyridine rings is 1. The molecule has 0 fully saturated rings. The lowest BCUT2D eigenvalue weighted by Crippen LogP contribution is -1.97. The summed E-state index contributed by atoms with van der Waals surface area (Å²) in [6, 6.07) is 3.87. The Hall–Kier alpha value is -1.61. The monoisotopic (exact) mass is 249 g/mol. The summed E-state index contributed by atoms with van der Waals surface area (Å²) in [6.07, 6.45) is 0.735. The Kier molecular flexibility index (Phi) is 3.03. The predicted octanol–water partition coefficient (Wildman–Crippen LogP) is 3.33. The zero-order valence-corrected chi connectivity index (χ0v) is 10.6. The van der Waals surface area contributed by atoms with Crippen LogP contribution < -0.4 is 4.74 Å². The van der Waals surface area contributed by atoms with Crippen LogP contribution in [0.4, 0.5) is 0 Å². The topological polar surface area (TPSA) is 39.2 Å². The van der Waals surface area contributed by atoms with Gasteiger partial charge in [-0.25, -0.2) is 4.98 Å². The van der Waals surface area contributed by atoms with Crippen molar-refractivity contribution in [3.8, 4) is 5.75 Å². The summed E-state index contributed by atoms with van der Waals surface area (Å²) in [6.45, 7) is 3.83.